The summed E-state index contributed by atoms with van der Waals surface area (Å²) >= 11 is 0. The lowest BCUT2D eigenvalue weighted by Crippen LogP contribution is -2.36. The molecule has 3 aromatic heterocycles. The summed E-state index contributed by atoms with van der Waals surface area (Å²) in [6, 6.07) is 0. The van der Waals surface area contributed by atoms with Gasteiger partial charge in [0.25, 0.3) is 0 Å². The number of aliphatic hydroxyl groups excluding tert-OH is 1. The second-order valence-electron chi connectivity index (χ2n) is 11.1. The van der Waals surface area contributed by atoms with Gasteiger partial charge in [0.1, 0.15) is 24.6 Å². The largest absolute Gasteiger partial charge is 0.394 e. The normalized spacial score (nSPS) is 24.0. The van der Waals surface area contributed by atoms with E-state index in [1.54, 1.807) is 18.9 Å². The van der Waals surface area contributed by atoms with Crippen molar-refractivity contribution >= 4 is 29.2 Å². The average Bonchev–Trinajstić information content (AvgIpc) is 3.70. The third kappa shape index (κ3) is 6.59. The fourth-order valence-electron chi connectivity index (χ4n) is 6.11. The molecule has 0 spiro atoms. The van der Waals surface area contributed by atoms with Gasteiger partial charge in [-0.1, -0.05) is 78.1 Å². The van der Waals surface area contributed by atoms with Crippen LogP contribution in [0.1, 0.15) is 110 Å². The first-order chi connectivity index (χ1) is 18.7. The third-order valence-electron chi connectivity index (χ3n) is 8.22. The molecule has 5 rings (SSSR count). The highest BCUT2D eigenvalue weighted by molar-refractivity contribution is 5.85. The highest BCUT2D eigenvalue weighted by Crippen LogP contribution is 2.47. The summed E-state index contributed by atoms with van der Waals surface area (Å²) in [4.78, 5) is 13.7. The number of aliphatic hydroxyl groups is 1. The number of hydrogen-bond donors (Lipinski definition) is 1. The molecule has 1 N–H and O–H groups in total. The molecule has 0 saturated carbocycles. The molecule has 3 aromatic rings. The van der Waals surface area contributed by atoms with Crippen LogP contribution < -0.4 is 0 Å². The van der Waals surface area contributed by atoms with Crippen LogP contribution in [0, 0.1) is 0 Å². The lowest BCUT2D eigenvalue weighted by Gasteiger charge is -2.31. The molecule has 5 heterocycles. The fraction of sp³-hybridized carbons (Fsp3) is 0.759. The molecule has 2 aliphatic rings. The molecule has 4 atom stereocenters. The minimum absolute atomic E-state index is 0. The summed E-state index contributed by atoms with van der Waals surface area (Å²) in [5.41, 5.74) is 2.17. The van der Waals surface area contributed by atoms with Gasteiger partial charge >= 0.3 is 0 Å². The van der Waals surface area contributed by atoms with E-state index in [0.29, 0.717) is 5.65 Å². The zero-order chi connectivity index (χ0) is 26.4. The van der Waals surface area contributed by atoms with Crippen molar-refractivity contribution in [3.8, 4) is 0 Å². The van der Waals surface area contributed by atoms with E-state index in [1.807, 2.05) is 15.2 Å². The Balaban J connectivity index is 0.00000353. The summed E-state index contributed by atoms with van der Waals surface area (Å²) in [6.07, 6.45) is 22.0. The van der Waals surface area contributed by atoms with E-state index in [1.165, 1.54) is 64.2 Å². The molecule has 0 aliphatic carbocycles. The van der Waals surface area contributed by atoms with E-state index in [4.69, 9.17) is 14.2 Å². The maximum atomic E-state index is 10.2. The predicted octanol–water partition coefficient (Wildman–Crippen LogP) is 6.37. The van der Waals surface area contributed by atoms with Crippen LogP contribution in [0.15, 0.2) is 25.0 Å². The van der Waals surface area contributed by atoms with Crippen molar-refractivity contribution in [3.63, 3.8) is 0 Å². The number of imidazole rings is 2. The molecule has 39 heavy (non-hydrogen) atoms. The molecule has 10 heteroatoms. The van der Waals surface area contributed by atoms with Crippen LogP contribution in [0.25, 0.3) is 16.8 Å². The zero-order valence-electron chi connectivity index (χ0n) is 23.5. The Morgan fingerprint density at radius 1 is 0.795 bits per heavy atom. The minimum atomic E-state index is -0.625. The first-order valence-corrected chi connectivity index (χ1v) is 15.0. The third-order valence-corrected chi connectivity index (χ3v) is 8.22. The Hall–Kier alpha value is -1.78. The lowest BCUT2D eigenvalue weighted by molar-refractivity contribution is -0.227. The molecular weight excluding hydrogens is 518 g/mol. The van der Waals surface area contributed by atoms with Gasteiger partial charge in [0.05, 0.1) is 12.9 Å². The molecular formula is C29H46ClN5O4. The molecule has 2 saturated heterocycles. The van der Waals surface area contributed by atoms with Crippen molar-refractivity contribution in [1.82, 2.24) is 23.9 Å². The molecule has 0 bridgehead atoms. The minimum Gasteiger partial charge on any atom is -0.394 e. The van der Waals surface area contributed by atoms with Crippen molar-refractivity contribution in [1.29, 1.82) is 0 Å². The number of hydrogen-bond acceptors (Lipinski definition) is 7. The molecule has 0 aromatic carbocycles. The van der Waals surface area contributed by atoms with Crippen LogP contribution >= 0.6 is 12.4 Å². The number of ether oxygens (including phenoxy) is 3. The topological polar surface area (TPSA) is 95.9 Å². The Labute approximate surface area is 238 Å². The van der Waals surface area contributed by atoms with Crippen molar-refractivity contribution in [2.24, 2.45) is 0 Å². The first kappa shape index (κ1) is 30.2. The first-order valence-electron chi connectivity index (χ1n) is 15.0. The Morgan fingerprint density at radius 3 is 2.10 bits per heavy atom. The smallest absolute Gasteiger partial charge is 0.169 e. The van der Waals surface area contributed by atoms with Crippen LogP contribution in [0.2, 0.25) is 0 Å². The van der Waals surface area contributed by atoms with Gasteiger partial charge in [0.2, 0.25) is 0 Å². The maximum Gasteiger partial charge on any atom is 0.169 e. The number of fused-ring (bicyclic) bond motifs is 4. The molecule has 0 radical (unpaired) electrons. The zero-order valence-corrected chi connectivity index (χ0v) is 24.4. The summed E-state index contributed by atoms with van der Waals surface area (Å²) < 4.78 is 23.7. The Morgan fingerprint density at radius 2 is 1.44 bits per heavy atom. The highest BCUT2D eigenvalue weighted by atomic mass is 35.5. The Bertz CT molecular complexity index is 1140. The molecule has 2 fully saturated rings. The number of rotatable bonds is 16. The lowest BCUT2D eigenvalue weighted by atomic mass is 9.99. The second-order valence-corrected chi connectivity index (χ2v) is 11.1. The van der Waals surface area contributed by atoms with Crippen molar-refractivity contribution in [2.45, 2.75) is 134 Å². The van der Waals surface area contributed by atoms with Crippen molar-refractivity contribution in [2.75, 3.05) is 6.61 Å². The van der Waals surface area contributed by atoms with Crippen LogP contribution in [0.5, 0.6) is 0 Å². The standard InChI is InChI=1S/C29H45N5O4.ClH/c1-3-5-7-9-11-13-15-29(16-14-12-10-8-6-4-2)37-24-22(19-35)36-28(25(24)38-29)34-21-31-23-26-30-17-18-33(26)20-32-27(23)34;/h17-18,20-22,24-25,28,35H,3-16,19H2,1-2H3;1H/t22-,24-,25-,28-;/m1./s1. The number of unbranched alkanes of at least 4 members (excludes halogenated alkanes) is 10. The number of halogens is 1. The summed E-state index contributed by atoms with van der Waals surface area (Å²) in [5.74, 6) is -0.625. The van der Waals surface area contributed by atoms with Crippen LogP contribution in [0.3, 0.4) is 0 Å². The van der Waals surface area contributed by atoms with Gasteiger partial charge in [-0.25, -0.2) is 15.0 Å². The average molecular weight is 564 g/mol. The number of nitrogens with zero attached hydrogens (tertiary/aromatic N) is 5. The van der Waals surface area contributed by atoms with E-state index in [-0.39, 0.29) is 31.2 Å². The van der Waals surface area contributed by atoms with Gasteiger partial charge in [-0.3, -0.25) is 8.97 Å². The highest BCUT2D eigenvalue weighted by Gasteiger charge is 2.58. The summed E-state index contributed by atoms with van der Waals surface area (Å²) in [7, 11) is 0. The number of aromatic nitrogens is 5. The molecule has 218 valence electrons. The monoisotopic (exact) mass is 563 g/mol. The van der Waals surface area contributed by atoms with Gasteiger partial charge in [-0.15, -0.1) is 12.4 Å². The Kier molecular flexibility index (Phi) is 11.0. The molecule has 0 unspecified atom stereocenters. The van der Waals surface area contributed by atoms with Gasteiger partial charge in [-0.05, 0) is 12.8 Å². The van der Waals surface area contributed by atoms with Gasteiger partial charge in [-0.2, -0.15) is 0 Å². The van der Waals surface area contributed by atoms with Crippen LogP contribution in [0.4, 0.5) is 0 Å². The quantitative estimate of drug-likeness (QED) is 0.202. The van der Waals surface area contributed by atoms with Crippen molar-refractivity contribution < 1.29 is 19.3 Å². The summed E-state index contributed by atoms with van der Waals surface area (Å²) in [5, 5.41) is 10.2. The summed E-state index contributed by atoms with van der Waals surface area (Å²) in [6.45, 7) is 4.39. The van der Waals surface area contributed by atoms with Gasteiger partial charge in [0.15, 0.2) is 28.8 Å². The fourth-order valence-corrected chi connectivity index (χ4v) is 6.11. The SMILES string of the molecule is CCCCCCCCC1(CCCCCCCC)O[C@@H]2[C@H](O1)[C@@H](CO)O[C@H]2n1cnc2c1ncn1ccnc21.Cl. The maximum absolute atomic E-state index is 10.2. The second kappa shape index (κ2) is 14.2. The van der Waals surface area contributed by atoms with E-state index in [0.717, 1.165) is 36.8 Å². The van der Waals surface area contributed by atoms with E-state index < -0.39 is 18.1 Å². The molecule has 0 amide bonds. The van der Waals surface area contributed by atoms with E-state index in [9.17, 15) is 5.11 Å². The molecule has 9 nitrogen and oxygen atoms in total. The molecule has 2 aliphatic heterocycles. The van der Waals surface area contributed by atoms with Crippen LogP contribution in [-0.2, 0) is 14.2 Å². The van der Waals surface area contributed by atoms with Gasteiger partial charge in [0, 0.05) is 25.2 Å². The van der Waals surface area contributed by atoms with Gasteiger partial charge < -0.3 is 19.3 Å². The van der Waals surface area contributed by atoms with Crippen molar-refractivity contribution in [3.05, 3.63) is 25.0 Å². The van der Waals surface area contributed by atoms with E-state index in [2.05, 4.69) is 28.8 Å². The van der Waals surface area contributed by atoms with E-state index >= 15 is 0 Å². The predicted molar refractivity (Wildman–Crippen MR) is 153 cm³/mol. The van der Waals surface area contributed by atoms with Crippen LogP contribution in [-0.4, -0.2) is 59.7 Å².